The SMILES string of the molecule is COCCNCCNC(=O)c1cc(C)oc1C. The summed E-state index contributed by atoms with van der Waals surface area (Å²) in [5.41, 5.74) is 0.611. The van der Waals surface area contributed by atoms with Gasteiger partial charge in [-0.3, -0.25) is 4.79 Å². The van der Waals surface area contributed by atoms with Gasteiger partial charge in [0, 0.05) is 26.7 Å². The van der Waals surface area contributed by atoms with Crippen molar-refractivity contribution in [3.63, 3.8) is 0 Å². The second-order valence-corrected chi connectivity index (χ2v) is 3.83. The molecule has 0 saturated carbocycles. The van der Waals surface area contributed by atoms with E-state index in [0.717, 1.165) is 18.8 Å². The molecular formula is C12H20N2O3. The first kappa shape index (κ1) is 13.7. The van der Waals surface area contributed by atoms with E-state index < -0.39 is 0 Å². The fourth-order valence-corrected chi connectivity index (χ4v) is 1.52. The lowest BCUT2D eigenvalue weighted by atomic mass is 10.2. The molecule has 1 amide bonds. The van der Waals surface area contributed by atoms with Crippen molar-refractivity contribution in [2.45, 2.75) is 13.8 Å². The van der Waals surface area contributed by atoms with Gasteiger partial charge in [-0.2, -0.15) is 0 Å². The molecule has 0 atom stereocenters. The molecule has 0 bridgehead atoms. The molecule has 2 N–H and O–H groups in total. The molecule has 1 aromatic heterocycles. The molecule has 0 aliphatic carbocycles. The Bertz CT molecular complexity index is 361. The summed E-state index contributed by atoms with van der Waals surface area (Å²) in [7, 11) is 1.66. The zero-order chi connectivity index (χ0) is 12.7. The molecule has 0 aromatic carbocycles. The molecule has 0 unspecified atom stereocenters. The van der Waals surface area contributed by atoms with Gasteiger partial charge in [0.2, 0.25) is 0 Å². The molecule has 0 saturated heterocycles. The molecule has 0 aliphatic rings. The Balaban J connectivity index is 2.23. The molecule has 1 heterocycles. The van der Waals surface area contributed by atoms with Gasteiger partial charge in [-0.25, -0.2) is 0 Å². The van der Waals surface area contributed by atoms with Gasteiger partial charge in [0.05, 0.1) is 12.2 Å². The molecule has 0 spiro atoms. The first-order valence-electron chi connectivity index (χ1n) is 5.70. The van der Waals surface area contributed by atoms with Gasteiger partial charge in [0.25, 0.3) is 5.91 Å². The van der Waals surface area contributed by atoms with Gasteiger partial charge in [-0.1, -0.05) is 0 Å². The lowest BCUT2D eigenvalue weighted by Crippen LogP contribution is -2.33. The maximum Gasteiger partial charge on any atom is 0.254 e. The van der Waals surface area contributed by atoms with E-state index in [1.54, 1.807) is 20.1 Å². The van der Waals surface area contributed by atoms with Gasteiger partial charge >= 0.3 is 0 Å². The molecule has 0 radical (unpaired) electrons. The highest BCUT2D eigenvalue weighted by Crippen LogP contribution is 2.12. The molecule has 5 heteroatoms. The quantitative estimate of drug-likeness (QED) is 0.694. The van der Waals surface area contributed by atoms with E-state index in [9.17, 15) is 4.79 Å². The first-order valence-corrected chi connectivity index (χ1v) is 5.70. The van der Waals surface area contributed by atoms with Crippen molar-refractivity contribution in [2.75, 3.05) is 33.4 Å². The monoisotopic (exact) mass is 240 g/mol. The van der Waals surface area contributed by atoms with E-state index in [1.165, 1.54) is 0 Å². The molecule has 1 aromatic rings. The van der Waals surface area contributed by atoms with Crippen LogP contribution in [0.5, 0.6) is 0 Å². The van der Waals surface area contributed by atoms with E-state index in [4.69, 9.17) is 9.15 Å². The number of hydrogen-bond donors (Lipinski definition) is 2. The van der Waals surface area contributed by atoms with Crippen molar-refractivity contribution < 1.29 is 13.9 Å². The number of amides is 1. The Hall–Kier alpha value is -1.33. The van der Waals surface area contributed by atoms with E-state index in [0.29, 0.717) is 24.5 Å². The number of methoxy groups -OCH3 is 1. The van der Waals surface area contributed by atoms with Crippen LogP contribution in [-0.4, -0.2) is 39.3 Å². The summed E-state index contributed by atoms with van der Waals surface area (Å²) in [6, 6.07) is 1.75. The van der Waals surface area contributed by atoms with Crippen molar-refractivity contribution in [3.05, 3.63) is 23.2 Å². The van der Waals surface area contributed by atoms with Crippen LogP contribution in [0.4, 0.5) is 0 Å². The highest BCUT2D eigenvalue weighted by Gasteiger charge is 2.12. The predicted molar refractivity (Wildman–Crippen MR) is 65.3 cm³/mol. The normalized spacial score (nSPS) is 10.5. The Morgan fingerprint density at radius 3 is 2.71 bits per heavy atom. The maximum atomic E-state index is 11.7. The molecule has 0 fully saturated rings. The minimum absolute atomic E-state index is 0.0899. The van der Waals surface area contributed by atoms with Crippen molar-refractivity contribution in [1.82, 2.24) is 10.6 Å². The number of rotatable bonds is 7. The van der Waals surface area contributed by atoms with Crippen LogP contribution in [-0.2, 0) is 4.74 Å². The predicted octanol–water partition coefficient (Wildman–Crippen LogP) is 0.862. The first-order chi connectivity index (χ1) is 8.15. The molecule has 1 rings (SSSR count). The van der Waals surface area contributed by atoms with Crippen molar-refractivity contribution >= 4 is 5.91 Å². The Labute approximate surface area is 102 Å². The second kappa shape index (κ2) is 7.09. The molecule has 5 nitrogen and oxygen atoms in total. The summed E-state index contributed by atoms with van der Waals surface area (Å²) in [4.78, 5) is 11.7. The van der Waals surface area contributed by atoms with E-state index in [1.807, 2.05) is 6.92 Å². The van der Waals surface area contributed by atoms with Crippen molar-refractivity contribution in [1.29, 1.82) is 0 Å². The summed E-state index contributed by atoms with van der Waals surface area (Å²) < 4.78 is 10.2. The zero-order valence-electron chi connectivity index (χ0n) is 10.6. The van der Waals surface area contributed by atoms with Crippen molar-refractivity contribution in [3.8, 4) is 0 Å². The van der Waals surface area contributed by atoms with Crippen LogP contribution in [0, 0.1) is 13.8 Å². The zero-order valence-corrected chi connectivity index (χ0v) is 10.6. The third-order valence-electron chi connectivity index (χ3n) is 2.36. The molecule has 96 valence electrons. The van der Waals surface area contributed by atoms with Crippen LogP contribution in [0.2, 0.25) is 0 Å². The third-order valence-corrected chi connectivity index (χ3v) is 2.36. The minimum Gasteiger partial charge on any atom is -0.466 e. The average Bonchev–Trinajstić information content (AvgIpc) is 2.62. The second-order valence-electron chi connectivity index (χ2n) is 3.83. The Morgan fingerprint density at radius 2 is 2.12 bits per heavy atom. The number of nitrogens with one attached hydrogen (secondary N) is 2. The third kappa shape index (κ3) is 4.58. The summed E-state index contributed by atoms with van der Waals surface area (Å²) in [5, 5.41) is 5.98. The number of ether oxygens (including phenoxy) is 1. The number of furan rings is 1. The fourth-order valence-electron chi connectivity index (χ4n) is 1.52. The molecule has 17 heavy (non-hydrogen) atoms. The average molecular weight is 240 g/mol. The van der Waals surface area contributed by atoms with E-state index in [2.05, 4.69) is 10.6 Å². The Morgan fingerprint density at radius 1 is 1.35 bits per heavy atom. The number of hydrogen-bond acceptors (Lipinski definition) is 4. The topological polar surface area (TPSA) is 63.5 Å². The Kier molecular flexibility index (Phi) is 5.72. The van der Waals surface area contributed by atoms with Gasteiger partial charge in [-0.15, -0.1) is 0 Å². The number of aryl methyl sites for hydroxylation is 2. The fraction of sp³-hybridized carbons (Fsp3) is 0.583. The summed E-state index contributed by atoms with van der Waals surface area (Å²) in [6.45, 7) is 6.40. The lowest BCUT2D eigenvalue weighted by Gasteiger charge is -2.05. The van der Waals surface area contributed by atoms with Gasteiger partial charge in [0.15, 0.2) is 0 Å². The minimum atomic E-state index is -0.0899. The van der Waals surface area contributed by atoms with Crippen LogP contribution in [0.1, 0.15) is 21.9 Å². The summed E-state index contributed by atoms with van der Waals surface area (Å²) in [6.07, 6.45) is 0. The molecular weight excluding hydrogens is 220 g/mol. The van der Waals surface area contributed by atoms with E-state index >= 15 is 0 Å². The van der Waals surface area contributed by atoms with Gasteiger partial charge in [0.1, 0.15) is 11.5 Å². The summed E-state index contributed by atoms with van der Waals surface area (Å²) in [5.74, 6) is 1.33. The maximum absolute atomic E-state index is 11.7. The van der Waals surface area contributed by atoms with Crippen LogP contribution in [0.25, 0.3) is 0 Å². The smallest absolute Gasteiger partial charge is 0.254 e. The van der Waals surface area contributed by atoms with Crippen LogP contribution in [0.3, 0.4) is 0 Å². The number of carbonyl (C=O) groups excluding carboxylic acids is 1. The highest BCUT2D eigenvalue weighted by atomic mass is 16.5. The standard InChI is InChI=1S/C12H20N2O3/c1-9-8-11(10(2)17-9)12(15)14-5-4-13-6-7-16-3/h8,13H,4-7H2,1-3H3,(H,14,15). The molecule has 0 aliphatic heterocycles. The van der Waals surface area contributed by atoms with E-state index in [-0.39, 0.29) is 5.91 Å². The van der Waals surface area contributed by atoms with Crippen LogP contribution >= 0.6 is 0 Å². The highest BCUT2D eigenvalue weighted by molar-refractivity contribution is 5.95. The van der Waals surface area contributed by atoms with Crippen LogP contribution < -0.4 is 10.6 Å². The lowest BCUT2D eigenvalue weighted by molar-refractivity contribution is 0.0952. The van der Waals surface area contributed by atoms with Gasteiger partial charge < -0.3 is 19.8 Å². The summed E-state index contributed by atoms with van der Waals surface area (Å²) >= 11 is 0. The van der Waals surface area contributed by atoms with Gasteiger partial charge in [-0.05, 0) is 19.9 Å². The largest absolute Gasteiger partial charge is 0.466 e. The number of carbonyl (C=O) groups is 1. The van der Waals surface area contributed by atoms with Crippen LogP contribution in [0.15, 0.2) is 10.5 Å². The van der Waals surface area contributed by atoms with Crippen molar-refractivity contribution in [2.24, 2.45) is 0 Å².